The Morgan fingerprint density at radius 1 is 1.33 bits per heavy atom. The van der Waals surface area contributed by atoms with Crippen molar-refractivity contribution in [2.45, 2.75) is 0 Å². The van der Waals surface area contributed by atoms with E-state index in [9.17, 15) is 0 Å². The van der Waals surface area contributed by atoms with Crippen LogP contribution in [0.5, 0.6) is 0 Å². The molecule has 0 bridgehead atoms. The van der Waals surface area contributed by atoms with E-state index in [1.165, 1.54) is 0 Å². The van der Waals surface area contributed by atoms with Gasteiger partial charge in [-0.3, -0.25) is 9.97 Å². The van der Waals surface area contributed by atoms with Gasteiger partial charge in [0.2, 0.25) is 6.33 Å². The molecule has 1 rings (SSSR count). The lowest BCUT2D eigenvalue weighted by atomic mass is 11.0. The fraction of sp³-hybridized carbons (Fsp3) is 0. The fourth-order valence-electron chi connectivity index (χ4n) is 0.241. The van der Waals surface area contributed by atoms with Gasteiger partial charge in [-0.25, -0.2) is 0 Å². The molecule has 0 radical (unpaired) electrons. The normalized spacial score (nSPS) is 8.44. The monoisotopic (exact) mass is 244 g/mol. The third-order valence-corrected chi connectivity index (χ3v) is 0.442. The average molecular weight is 244 g/mol. The molecule has 2 N–H and O–H groups in total. The van der Waals surface area contributed by atoms with Crippen molar-refractivity contribution < 1.29 is 36.4 Å². The van der Waals surface area contributed by atoms with Crippen LogP contribution in [0.25, 0.3) is 0 Å². The molecule has 0 fully saturated rings. The van der Waals surface area contributed by atoms with Crippen LogP contribution in [0.2, 0.25) is 0 Å². The van der Waals surface area contributed by atoms with Crippen molar-refractivity contribution >= 4 is 0 Å². The summed E-state index contributed by atoms with van der Waals surface area (Å²) in [5.74, 6) is 0. The number of halogens is 1. The number of hydrogen-bond acceptors (Lipinski definition) is 3. The minimum atomic E-state index is -4.01. The van der Waals surface area contributed by atoms with Crippen LogP contribution in [0.4, 0.5) is 0 Å². The standard InChI is InChI=1S/C3H4N2.IO3/c1-2-5-3-4-1;2-1(3)4/h1-3H,(H,4,5);/q;-1/p+1. The first-order chi connectivity index (χ1) is 4.23. The van der Waals surface area contributed by atoms with Crippen LogP contribution in [0.3, 0.4) is 0 Å². The van der Waals surface area contributed by atoms with Crippen LogP contribution < -0.4 is 36.4 Å². The zero-order valence-corrected chi connectivity index (χ0v) is 6.49. The number of H-pyrrole nitrogens is 2. The van der Waals surface area contributed by atoms with Crippen LogP contribution in [0, 0.1) is 0 Å². The summed E-state index contributed by atoms with van der Waals surface area (Å²) in [6.07, 6.45) is 5.39. The Kier molecular flexibility index (Phi) is 5.83. The number of aromatic amines is 2. The summed E-state index contributed by atoms with van der Waals surface area (Å²) in [4.78, 5) is 5.61. The largest absolute Gasteiger partial charge is 0.427 e. The molecule has 5 nitrogen and oxygen atoms in total. The molecule has 9 heavy (non-hydrogen) atoms. The number of nitrogens with one attached hydrogen (secondary N) is 2. The van der Waals surface area contributed by atoms with Crippen LogP contribution in [-0.4, -0.2) is 4.98 Å². The van der Waals surface area contributed by atoms with Crippen LogP contribution in [0.1, 0.15) is 0 Å². The number of aromatic nitrogens is 2. The predicted octanol–water partition coefficient (Wildman–Crippen LogP) is -6.73. The molecule has 1 aromatic heterocycles. The summed E-state index contributed by atoms with van der Waals surface area (Å²) in [6.45, 7) is 0. The summed E-state index contributed by atoms with van der Waals surface area (Å²) in [5, 5.41) is 0. The highest BCUT2D eigenvalue weighted by Gasteiger charge is 1.70. The first-order valence-electron chi connectivity index (χ1n) is 1.95. The number of rotatable bonds is 0. The fourth-order valence-corrected chi connectivity index (χ4v) is 0.241. The van der Waals surface area contributed by atoms with Gasteiger partial charge in [0.1, 0.15) is 12.4 Å². The zero-order chi connectivity index (χ0) is 7.11. The van der Waals surface area contributed by atoms with E-state index in [0.29, 0.717) is 0 Å². The molecule has 0 spiro atoms. The predicted molar refractivity (Wildman–Crippen MR) is 17.3 cm³/mol. The summed E-state index contributed by atoms with van der Waals surface area (Å²) in [7, 11) is 0. The topological polar surface area (TPSA) is 99.1 Å². The van der Waals surface area contributed by atoms with Gasteiger partial charge in [-0.05, 0) is 0 Å². The summed E-state index contributed by atoms with van der Waals surface area (Å²) < 4.78 is 25.7. The molecular formula is C3H5IN2O3. The van der Waals surface area contributed by atoms with Crippen LogP contribution in [-0.2, 0) is 0 Å². The van der Waals surface area contributed by atoms with Crippen molar-refractivity contribution in [3.8, 4) is 0 Å². The zero-order valence-electron chi connectivity index (χ0n) is 4.33. The quantitative estimate of drug-likeness (QED) is 0.459. The molecule has 1 heterocycles. The van der Waals surface area contributed by atoms with E-state index >= 15 is 0 Å². The van der Waals surface area contributed by atoms with Crippen molar-refractivity contribution in [3.05, 3.63) is 18.7 Å². The van der Waals surface area contributed by atoms with Crippen molar-refractivity contribution in [1.29, 1.82) is 0 Å². The Labute approximate surface area is 60.4 Å². The maximum atomic E-state index is 8.57. The van der Waals surface area contributed by atoms with E-state index in [1.54, 1.807) is 6.33 Å². The lowest BCUT2D eigenvalue weighted by Gasteiger charge is -1.84. The second-order valence-corrected chi connectivity index (χ2v) is 2.08. The first kappa shape index (κ1) is 8.82. The Bertz CT molecular complexity index is 101. The van der Waals surface area contributed by atoms with Crippen molar-refractivity contribution in [2.24, 2.45) is 0 Å². The maximum absolute atomic E-state index is 8.57. The average Bonchev–Trinajstić information content (AvgIpc) is 2.11. The Morgan fingerprint density at radius 3 is 2.00 bits per heavy atom. The molecule has 1 aromatic rings. The third kappa shape index (κ3) is 11.4. The molecule has 0 aliphatic rings. The molecule has 0 unspecified atom stereocenters. The Morgan fingerprint density at radius 2 is 1.89 bits per heavy atom. The van der Waals surface area contributed by atoms with Gasteiger partial charge < -0.3 is 10.3 Å². The Balaban J connectivity index is 0.000000148. The summed E-state index contributed by atoms with van der Waals surface area (Å²) in [6, 6.07) is 0. The van der Waals surface area contributed by atoms with Gasteiger partial charge in [-0.2, -0.15) is 0 Å². The van der Waals surface area contributed by atoms with E-state index in [2.05, 4.69) is 9.97 Å². The molecule has 0 atom stereocenters. The number of hydrogen-bond donors (Lipinski definition) is 1. The minimum absolute atomic E-state index is 1.75. The van der Waals surface area contributed by atoms with Gasteiger partial charge >= 0.3 is 0 Å². The highest BCUT2D eigenvalue weighted by molar-refractivity contribution is 4.52. The van der Waals surface area contributed by atoms with Gasteiger partial charge in [0.15, 0.2) is 0 Å². The smallest absolute Gasteiger partial charge is 0.282 e. The van der Waals surface area contributed by atoms with Crippen molar-refractivity contribution in [2.75, 3.05) is 0 Å². The summed E-state index contributed by atoms with van der Waals surface area (Å²) >= 11 is -4.01. The van der Waals surface area contributed by atoms with Gasteiger partial charge in [-0.1, -0.05) is 0 Å². The molecular weight excluding hydrogens is 239 g/mol. The first-order valence-corrected chi connectivity index (χ1v) is 4.59. The lowest BCUT2D eigenvalue weighted by molar-refractivity contribution is -1.73. The van der Waals surface area contributed by atoms with E-state index < -0.39 is 21.1 Å². The molecule has 0 aromatic carbocycles. The van der Waals surface area contributed by atoms with E-state index in [4.69, 9.17) is 10.3 Å². The van der Waals surface area contributed by atoms with Crippen molar-refractivity contribution in [1.82, 2.24) is 4.98 Å². The number of imidazole rings is 1. The minimum Gasteiger partial charge on any atom is -0.427 e. The van der Waals surface area contributed by atoms with Gasteiger partial charge in [-0.15, -0.1) is 0 Å². The van der Waals surface area contributed by atoms with Crippen LogP contribution in [0.15, 0.2) is 18.7 Å². The van der Waals surface area contributed by atoms with Crippen LogP contribution >= 0.6 is 0 Å². The molecule has 0 saturated carbocycles. The highest BCUT2D eigenvalue weighted by atomic mass is 127. The Hall–Kier alpha value is -0.180. The SMILES string of the molecule is [O-][I+2]([O-])[O-].c1c[nH+]c[nH]1. The highest BCUT2D eigenvalue weighted by Crippen LogP contribution is 1.53. The second kappa shape index (κ2) is 5.95. The second-order valence-electron chi connectivity index (χ2n) is 1.000. The van der Waals surface area contributed by atoms with E-state index in [-0.39, 0.29) is 0 Å². The molecule has 6 heteroatoms. The molecule has 0 amide bonds. The molecule has 52 valence electrons. The molecule has 0 aliphatic carbocycles. The molecule has 0 saturated heterocycles. The summed E-state index contributed by atoms with van der Waals surface area (Å²) in [5.41, 5.74) is 0. The lowest BCUT2D eigenvalue weighted by Crippen LogP contribution is -4.05. The van der Waals surface area contributed by atoms with Gasteiger partial charge in [0.05, 0.1) is 0 Å². The third-order valence-electron chi connectivity index (χ3n) is 0.442. The van der Waals surface area contributed by atoms with E-state index in [1.807, 2.05) is 12.4 Å². The van der Waals surface area contributed by atoms with Gasteiger partial charge in [0.25, 0.3) is 21.1 Å². The van der Waals surface area contributed by atoms with Crippen molar-refractivity contribution in [3.63, 3.8) is 0 Å². The molecule has 0 aliphatic heterocycles. The van der Waals surface area contributed by atoms with E-state index in [0.717, 1.165) is 0 Å². The maximum Gasteiger partial charge on any atom is 0.282 e. The van der Waals surface area contributed by atoms with Gasteiger partial charge in [0, 0.05) is 0 Å².